The summed E-state index contributed by atoms with van der Waals surface area (Å²) in [7, 11) is 0. The van der Waals surface area contributed by atoms with Crippen molar-refractivity contribution in [3.8, 4) is 22.4 Å². The van der Waals surface area contributed by atoms with Gasteiger partial charge in [0, 0.05) is 35.4 Å². The Kier molecular flexibility index (Phi) is 5.43. The number of rotatable bonds is 5. The molecule has 1 aliphatic heterocycles. The maximum atomic E-state index is 6.19. The van der Waals surface area contributed by atoms with Crippen LogP contribution in [0.2, 0.25) is 5.02 Å². The highest BCUT2D eigenvalue weighted by molar-refractivity contribution is 7.80. The Bertz CT molecular complexity index is 1270. The largest absolute Gasteiger partial charge is 0.371 e. The minimum Gasteiger partial charge on any atom is -0.371 e. The van der Waals surface area contributed by atoms with E-state index in [9.17, 15) is 0 Å². The lowest BCUT2D eigenvalue weighted by Crippen LogP contribution is -2.24. The summed E-state index contributed by atoms with van der Waals surface area (Å²) in [6.07, 6.45) is 7.43. The number of aromatic nitrogens is 2. The van der Waals surface area contributed by atoms with Gasteiger partial charge in [0.15, 0.2) is 0 Å². The molecule has 0 aliphatic carbocycles. The fourth-order valence-corrected chi connectivity index (χ4v) is 5.03. The van der Waals surface area contributed by atoms with Crippen molar-refractivity contribution in [2.45, 2.75) is 25.8 Å². The molecule has 31 heavy (non-hydrogen) atoms. The van der Waals surface area contributed by atoms with Gasteiger partial charge in [-0.1, -0.05) is 72.4 Å². The number of thiocarbonyl (C=S) groups is 1. The zero-order chi connectivity index (χ0) is 21.4. The van der Waals surface area contributed by atoms with E-state index in [1.165, 1.54) is 28.0 Å². The van der Waals surface area contributed by atoms with Crippen molar-refractivity contribution in [2.24, 2.45) is 0 Å². The lowest BCUT2D eigenvalue weighted by atomic mass is 9.98. The van der Waals surface area contributed by atoms with Crippen LogP contribution < -0.4 is 5.32 Å². The summed E-state index contributed by atoms with van der Waals surface area (Å²) in [5.41, 5.74) is 8.47. The first-order chi connectivity index (χ1) is 15.2. The second-order valence-corrected chi connectivity index (χ2v) is 8.74. The number of hydrogen-bond donors (Lipinski definition) is 1. The minimum absolute atomic E-state index is 0.633. The number of benzene rings is 2. The molecule has 0 atom stereocenters. The molecule has 0 bridgehead atoms. The van der Waals surface area contributed by atoms with E-state index in [2.05, 4.69) is 69.5 Å². The van der Waals surface area contributed by atoms with E-state index in [1.807, 2.05) is 18.2 Å². The maximum Gasteiger partial charge on any atom is 0.124 e. The molecule has 2 aromatic heterocycles. The summed E-state index contributed by atoms with van der Waals surface area (Å²) in [5.74, 6) is 0. The van der Waals surface area contributed by atoms with Crippen LogP contribution >= 0.6 is 23.8 Å². The van der Waals surface area contributed by atoms with Crippen LogP contribution in [0.15, 0.2) is 73.4 Å². The lowest BCUT2D eigenvalue weighted by molar-refractivity contribution is 0.647. The van der Waals surface area contributed by atoms with Crippen LogP contribution in [0.3, 0.4) is 0 Å². The molecule has 0 unspecified atom stereocenters. The first-order valence-corrected chi connectivity index (χ1v) is 11.4. The maximum absolute atomic E-state index is 6.19. The highest BCUT2D eigenvalue weighted by Crippen LogP contribution is 2.39. The van der Waals surface area contributed by atoms with Crippen LogP contribution in [-0.2, 0) is 13.0 Å². The zero-order valence-corrected chi connectivity index (χ0v) is 18.8. The Balaban J connectivity index is 1.82. The number of halogens is 1. The van der Waals surface area contributed by atoms with Crippen LogP contribution in [0.1, 0.15) is 24.1 Å². The van der Waals surface area contributed by atoms with Crippen molar-refractivity contribution in [1.29, 1.82) is 0 Å². The predicted octanol–water partition coefficient (Wildman–Crippen LogP) is 6.52. The predicted molar refractivity (Wildman–Crippen MR) is 134 cm³/mol. The summed E-state index contributed by atoms with van der Waals surface area (Å²) in [4.78, 5) is 0.739. The van der Waals surface area contributed by atoms with Gasteiger partial charge in [-0.2, -0.15) is 0 Å². The summed E-state index contributed by atoms with van der Waals surface area (Å²) in [5, 5.41) is 4.10. The Morgan fingerprint density at radius 1 is 1.06 bits per heavy atom. The van der Waals surface area contributed by atoms with Gasteiger partial charge in [-0.25, -0.2) is 0 Å². The molecular weight excluding hydrogens is 422 g/mol. The number of aryl methyl sites for hydroxylation is 2. The second kappa shape index (κ2) is 8.37. The Morgan fingerprint density at radius 2 is 1.84 bits per heavy atom. The SMILES string of the molecule is C=CCNC(=S)c1c(-c2ccc(Cl)cc2)c2c3n(c(-c4ccccc4)cn13)CCCC2. The van der Waals surface area contributed by atoms with Crippen molar-refractivity contribution in [2.75, 3.05) is 6.54 Å². The van der Waals surface area contributed by atoms with Crippen LogP contribution in [-0.4, -0.2) is 20.5 Å². The van der Waals surface area contributed by atoms with E-state index in [0.29, 0.717) is 6.54 Å². The topological polar surface area (TPSA) is 21.4 Å². The first kappa shape index (κ1) is 20.1. The lowest BCUT2D eigenvalue weighted by Gasteiger charge is -2.11. The third-order valence-corrected chi connectivity index (χ3v) is 6.55. The van der Waals surface area contributed by atoms with Gasteiger partial charge >= 0.3 is 0 Å². The van der Waals surface area contributed by atoms with E-state index >= 15 is 0 Å². The van der Waals surface area contributed by atoms with Crippen molar-refractivity contribution in [1.82, 2.24) is 14.3 Å². The number of nitrogens with one attached hydrogen (secondary N) is 1. The Hall–Kier alpha value is -2.82. The smallest absolute Gasteiger partial charge is 0.124 e. The van der Waals surface area contributed by atoms with Gasteiger partial charge in [0.25, 0.3) is 0 Å². The first-order valence-electron chi connectivity index (χ1n) is 10.7. The van der Waals surface area contributed by atoms with Crippen molar-refractivity contribution >= 4 is 34.5 Å². The third-order valence-electron chi connectivity index (χ3n) is 5.96. The van der Waals surface area contributed by atoms with Gasteiger partial charge < -0.3 is 9.88 Å². The van der Waals surface area contributed by atoms with Crippen molar-refractivity contribution in [3.63, 3.8) is 0 Å². The normalized spacial score (nSPS) is 13.2. The van der Waals surface area contributed by atoms with Crippen molar-refractivity contribution < 1.29 is 0 Å². The molecule has 0 saturated carbocycles. The average Bonchev–Trinajstić information content (AvgIpc) is 3.21. The van der Waals surface area contributed by atoms with Crippen LogP contribution in [0.4, 0.5) is 0 Å². The molecule has 4 aromatic rings. The van der Waals surface area contributed by atoms with Gasteiger partial charge in [-0.05, 0) is 42.5 Å². The molecule has 1 aliphatic rings. The molecule has 0 spiro atoms. The quantitative estimate of drug-likeness (QED) is 0.279. The summed E-state index contributed by atoms with van der Waals surface area (Å²) in [6, 6.07) is 18.7. The van der Waals surface area contributed by atoms with Gasteiger partial charge in [-0.15, -0.1) is 6.58 Å². The standard InChI is InChI=1S/C26H24ClN3S/c1-2-15-28-25(31)24-23(19-11-13-20(27)14-12-19)21-10-6-7-16-29-22(17-30(24)26(21)29)18-8-4-3-5-9-18/h2-5,8-9,11-14,17H,1,6-7,10,15-16H2,(H,28,31). The summed E-state index contributed by atoms with van der Waals surface area (Å²) in [6.45, 7) is 5.47. The van der Waals surface area contributed by atoms with E-state index in [4.69, 9.17) is 23.8 Å². The molecule has 3 heterocycles. The fraction of sp³-hybridized carbons (Fsp3) is 0.192. The molecule has 5 rings (SSSR count). The Morgan fingerprint density at radius 3 is 2.58 bits per heavy atom. The average molecular weight is 446 g/mol. The Labute approximate surface area is 193 Å². The fourth-order valence-electron chi connectivity index (χ4n) is 4.62. The van der Waals surface area contributed by atoms with Gasteiger partial charge in [0.05, 0.1) is 11.4 Å². The number of hydrogen-bond acceptors (Lipinski definition) is 1. The van der Waals surface area contributed by atoms with Gasteiger partial charge in [0.1, 0.15) is 10.6 Å². The molecular formula is C26H24ClN3S. The van der Waals surface area contributed by atoms with E-state index < -0.39 is 0 Å². The molecule has 5 heteroatoms. The van der Waals surface area contributed by atoms with E-state index in [0.717, 1.165) is 47.1 Å². The van der Waals surface area contributed by atoms with E-state index in [1.54, 1.807) is 0 Å². The monoisotopic (exact) mass is 445 g/mol. The summed E-state index contributed by atoms with van der Waals surface area (Å²) >= 11 is 12.1. The van der Waals surface area contributed by atoms with E-state index in [-0.39, 0.29) is 0 Å². The van der Waals surface area contributed by atoms with Crippen LogP contribution in [0.5, 0.6) is 0 Å². The highest BCUT2D eigenvalue weighted by atomic mass is 35.5. The van der Waals surface area contributed by atoms with Crippen LogP contribution in [0.25, 0.3) is 28.0 Å². The highest BCUT2D eigenvalue weighted by Gasteiger charge is 2.27. The second-order valence-electron chi connectivity index (χ2n) is 7.89. The van der Waals surface area contributed by atoms with Gasteiger partial charge in [-0.3, -0.25) is 4.40 Å². The minimum atomic E-state index is 0.633. The molecule has 0 saturated heterocycles. The molecule has 1 N–H and O–H groups in total. The molecule has 0 amide bonds. The van der Waals surface area contributed by atoms with Crippen molar-refractivity contribution in [3.05, 3.63) is 89.7 Å². The third kappa shape index (κ3) is 3.50. The summed E-state index contributed by atoms with van der Waals surface area (Å²) < 4.78 is 4.77. The number of nitrogens with zero attached hydrogens (tertiary/aromatic N) is 2. The molecule has 0 radical (unpaired) electrons. The molecule has 3 nitrogen and oxygen atoms in total. The molecule has 0 fully saturated rings. The van der Waals surface area contributed by atoms with Crippen LogP contribution in [0, 0.1) is 0 Å². The zero-order valence-electron chi connectivity index (χ0n) is 17.3. The number of imidazole rings is 1. The van der Waals surface area contributed by atoms with Gasteiger partial charge in [0.2, 0.25) is 0 Å². The molecule has 2 aromatic carbocycles. The molecule has 156 valence electrons.